The fraction of sp³-hybridized carbons (Fsp3) is 0.600. The van der Waals surface area contributed by atoms with E-state index in [1.165, 1.54) is 10.9 Å². The largest absolute Gasteiger partial charge is 0.463 e. The Hall–Kier alpha value is -1.90. The van der Waals surface area contributed by atoms with Crippen LogP contribution in [-0.2, 0) is 23.6 Å². The first-order valence-electron chi connectivity index (χ1n) is 8.97. The number of anilines is 1. The highest BCUT2D eigenvalue weighted by molar-refractivity contribution is 7.53. The molecule has 0 radical (unpaired) electrons. The van der Waals surface area contributed by atoms with Crippen molar-refractivity contribution in [1.82, 2.24) is 19.5 Å². The van der Waals surface area contributed by atoms with E-state index in [4.69, 9.17) is 41.3 Å². The van der Waals surface area contributed by atoms with E-state index < -0.39 is 43.8 Å². The number of ether oxygens (including phenoxy) is 3. The SMILES string of the molecule is CC(C(=O)OCCOC[C@H]1O[C@@H](n2cnc3c(N)nc(Cl)nc32)[C@H](O)[C@H]1O)P(=O)(O)O. The number of hydrogen-bond donors (Lipinski definition) is 5. The second kappa shape index (κ2) is 9.30. The van der Waals surface area contributed by atoms with Gasteiger partial charge in [0.05, 0.1) is 19.5 Å². The van der Waals surface area contributed by atoms with Crippen molar-refractivity contribution in [3.8, 4) is 0 Å². The third-order valence-corrected chi connectivity index (χ3v) is 6.02. The number of halogens is 1. The number of carbonyl (C=O) groups is 1. The van der Waals surface area contributed by atoms with Crippen LogP contribution in [0.3, 0.4) is 0 Å². The van der Waals surface area contributed by atoms with Gasteiger partial charge in [0.2, 0.25) is 5.28 Å². The second-order valence-electron chi connectivity index (χ2n) is 6.76. The normalized spacial score (nSPS) is 25.1. The Kier molecular flexibility index (Phi) is 7.13. The molecule has 2 aromatic rings. The van der Waals surface area contributed by atoms with Gasteiger partial charge in [-0.2, -0.15) is 9.97 Å². The van der Waals surface area contributed by atoms with E-state index in [9.17, 15) is 19.6 Å². The molecule has 6 N–H and O–H groups in total. The minimum Gasteiger partial charge on any atom is -0.463 e. The Morgan fingerprint density at radius 1 is 1.35 bits per heavy atom. The van der Waals surface area contributed by atoms with Gasteiger partial charge in [0.1, 0.15) is 30.4 Å². The molecule has 1 aliphatic heterocycles. The molecular formula is C15H21ClN5O9P. The molecule has 1 unspecified atom stereocenters. The number of esters is 1. The summed E-state index contributed by atoms with van der Waals surface area (Å²) < 4.78 is 28.1. The van der Waals surface area contributed by atoms with Crippen LogP contribution in [0.5, 0.6) is 0 Å². The number of aliphatic hydroxyl groups is 2. The van der Waals surface area contributed by atoms with Gasteiger partial charge in [-0.15, -0.1) is 0 Å². The second-order valence-corrected chi connectivity index (χ2v) is 9.05. The van der Waals surface area contributed by atoms with Crippen molar-refractivity contribution in [2.45, 2.75) is 37.1 Å². The highest BCUT2D eigenvalue weighted by Crippen LogP contribution is 2.41. The summed E-state index contributed by atoms with van der Waals surface area (Å²) in [6.45, 7) is 0.504. The predicted molar refractivity (Wildman–Crippen MR) is 104 cm³/mol. The first-order chi connectivity index (χ1) is 14.5. The standard InChI is InChI=1S/C15H21ClN5O9P/c1-6(31(25,26)27)14(24)29-3-2-28-4-7-9(22)10(23)13(30-7)21-5-18-8-11(17)19-15(16)20-12(8)21/h5-7,9-10,13,22-23H,2-4H2,1H3,(H2,17,19,20)(H2,25,26,27)/t6?,7-,9+,10-,13-/m1/s1. The maximum absolute atomic E-state index is 11.5. The van der Waals surface area contributed by atoms with Crippen LogP contribution in [0.2, 0.25) is 5.28 Å². The minimum absolute atomic E-state index is 0.0456. The average molecular weight is 482 g/mol. The summed E-state index contributed by atoms with van der Waals surface area (Å²) in [5.41, 5.74) is 4.63. The van der Waals surface area contributed by atoms with Crippen molar-refractivity contribution >= 4 is 42.1 Å². The molecule has 3 rings (SSSR count). The van der Waals surface area contributed by atoms with Gasteiger partial charge in [-0.05, 0) is 18.5 Å². The van der Waals surface area contributed by atoms with Crippen LogP contribution < -0.4 is 5.73 Å². The van der Waals surface area contributed by atoms with Crippen molar-refractivity contribution in [3.05, 3.63) is 11.6 Å². The van der Waals surface area contributed by atoms with E-state index in [-0.39, 0.29) is 42.1 Å². The van der Waals surface area contributed by atoms with Gasteiger partial charge >= 0.3 is 13.6 Å². The zero-order chi connectivity index (χ0) is 22.9. The average Bonchev–Trinajstić information content (AvgIpc) is 3.22. The smallest absolute Gasteiger partial charge is 0.339 e. The van der Waals surface area contributed by atoms with Crippen LogP contribution in [0, 0.1) is 0 Å². The molecule has 0 aromatic carbocycles. The highest BCUT2D eigenvalue weighted by Gasteiger charge is 2.44. The zero-order valence-corrected chi connectivity index (χ0v) is 17.8. The van der Waals surface area contributed by atoms with E-state index >= 15 is 0 Å². The maximum atomic E-state index is 11.5. The van der Waals surface area contributed by atoms with Crippen molar-refractivity contribution in [1.29, 1.82) is 0 Å². The quantitative estimate of drug-likeness (QED) is 0.130. The van der Waals surface area contributed by atoms with Gasteiger partial charge in [0, 0.05) is 0 Å². The molecule has 14 nitrogen and oxygen atoms in total. The number of hydrogen-bond acceptors (Lipinski definition) is 11. The number of imidazole rings is 1. The van der Waals surface area contributed by atoms with Gasteiger partial charge in [0.25, 0.3) is 0 Å². The Bertz CT molecular complexity index is 1000. The summed E-state index contributed by atoms with van der Waals surface area (Å²) in [7, 11) is -4.58. The number of nitrogen functional groups attached to an aromatic ring is 1. The molecule has 31 heavy (non-hydrogen) atoms. The maximum Gasteiger partial charge on any atom is 0.339 e. The van der Waals surface area contributed by atoms with E-state index in [1.807, 2.05) is 0 Å². The summed E-state index contributed by atoms with van der Waals surface area (Å²) >= 11 is 5.82. The van der Waals surface area contributed by atoms with Crippen molar-refractivity contribution < 1.29 is 43.6 Å². The summed E-state index contributed by atoms with van der Waals surface area (Å²) in [6.07, 6.45) is -3.33. The molecule has 172 valence electrons. The Balaban J connectivity index is 1.55. The summed E-state index contributed by atoms with van der Waals surface area (Å²) in [4.78, 5) is 41.3. The number of nitrogens with two attached hydrogens (primary N) is 1. The molecule has 5 atom stereocenters. The van der Waals surface area contributed by atoms with E-state index in [0.717, 1.165) is 6.92 Å². The fourth-order valence-corrected chi connectivity index (χ4v) is 3.37. The van der Waals surface area contributed by atoms with Crippen molar-refractivity contribution in [2.75, 3.05) is 25.6 Å². The number of aromatic nitrogens is 4. The number of carbonyl (C=O) groups excluding carboxylic acids is 1. The van der Waals surface area contributed by atoms with Crippen LogP contribution in [0.1, 0.15) is 13.2 Å². The Morgan fingerprint density at radius 3 is 2.74 bits per heavy atom. The first kappa shape index (κ1) is 23.8. The van der Waals surface area contributed by atoms with E-state index in [2.05, 4.69) is 15.0 Å². The molecular weight excluding hydrogens is 461 g/mol. The summed E-state index contributed by atoms with van der Waals surface area (Å²) in [5, 5.41) is 20.5. The molecule has 0 aliphatic carbocycles. The third-order valence-electron chi connectivity index (χ3n) is 4.63. The summed E-state index contributed by atoms with van der Waals surface area (Å²) in [6, 6.07) is 0. The highest BCUT2D eigenvalue weighted by atomic mass is 35.5. The van der Waals surface area contributed by atoms with Gasteiger partial charge in [-0.1, -0.05) is 0 Å². The van der Waals surface area contributed by atoms with Crippen LogP contribution in [0.15, 0.2) is 6.33 Å². The van der Waals surface area contributed by atoms with Crippen LogP contribution in [-0.4, -0.2) is 89.3 Å². The topological polar surface area (TPSA) is 212 Å². The molecule has 16 heteroatoms. The van der Waals surface area contributed by atoms with Crippen LogP contribution in [0.4, 0.5) is 5.82 Å². The Labute approximate surface area is 180 Å². The molecule has 1 saturated heterocycles. The molecule has 3 heterocycles. The molecule has 1 fully saturated rings. The third kappa shape index (κ3) is 5.13. The lowest BCUT2D eigenvalue weighted by atomic mass is 10.1. The van der Waals surface area contributed by atoms with E-state index in [1.54, 1.807) is 0 Å². The lowest BCUT2D eigenvalue weighted by Gasteiger charge is -2.16. The van der Waals surface area contributed by atoms with Crippen LogP contribution in [0.25, 0.3) is 11.2 Å². The number of fused-ring (bicyclic) bond motifs is 1. The molecule has 0 amide bonds. The Morgan fingerprint density at radius 2 is 2.06 bits per heavy atom. The van der Waals surface area contributed by atoms with Gasteiger partial charge in [0.15, 0.2) is 23.4 Å². The minimum atomic E-state index is -4.58. The lowest BCUT2D eigenvalue weighted by Crippen LogP contribution is -2.34. The lowest BCUT2D eigenvalue weighted by molar-refractivity contribution is -0.145. The number of nitrogens with zero attached hydrogens (tertiary/aromatic N) is 4. The number of aliphatic hydroxyl groups excluding tert-OH is 2. The van der Waals surface area contributed by atoms with Gasteiger partial charge < -0.3 is 39.9 Å². The fourth-order valence-electron chi connectivity index (χ4n) is 2.85. The molecule has 0 spiro atoms. The molecule has 0 saturated carbocycles. The molecule has 0 bridgehead atoms. The first-order valence-corrected chi connectivity index (χ1v) is 11.0. The van der Waals surface area contributed by atoms with Crippen molar-refractivity contribution in [2.24, 2.45) is 0 Å². The van der Waals surface area contributed by atoms with Crippen LogP contribution >= 0.6 is 19.2 Å². The van der Waals surface area contributed by atoms with Gasteiger partial charge in [-0.3, -0.25) is 13.9 Å². The van der Waals surface area contributed by atoms with Crippen molar-refractivity contribution in [3.63, 3.8) is 0 Å². The number of rotatable bonds is 8. The monoisotopic (exact) mass is 481 g/mol. The van der Waals surface area contributed by atoms with E-state index in [0.29, 0.717) is 0 Å². The zero-order valence-electron chi connectivity index (χ0n) is 16.1. The predicted octanol–water partition coefficient (Wildman–Crippen LogP) is -1.19. The summed E-state index contributed by atoms with van der Waals surface area (Å²) in [5.74, 6) is -1.01. The van der Waals surface area contributed by atoms with Gasteiger partial charge in [-0.25, -0.2) is 4.98 Å². The molecule has 1 aliphatic rings. The molecule has 2 aromatic heterocycles.